The first-order valence-corrected chi connectivity index (χ1v) is 4.46. The maximum atomic E-state index is 5.56. The van der Waals surface area contributed by atoms with Gasteiger partial charge in [-0.15, -0.1) is 5.10 Å². The summed E-state index contributed by atoms with van der Waals surface area (Å²) in [7, 11) is 0. The van der Waals surface area contributed by atoms with E-state index in [9.17, 15) is 0 Å². The molecular formula is C8H12N6. The molecule has 0 fully saturated rings. The minimum atomic E-state index is 0.575. The van der Waals surface area contributed by atoms with Crippen LogP contribution in [-0.4, -0.2) is 26.1 Å². The number of hydrogen-bond acceptors (Lipinski definition) is 5. The molecule has 0 saturated heterocycles. The first-order chi connectivity index (χ1) is 6.79. The van der Waals surface area contributed by atoms with Crippen molar-refractivity contribution in [1.82, 2.24) is 19.6 Å². The van der Waals surface area contributed by atoms with Gasteiger partial charge in [-0.3, -0.25) is 0 Å². The zero-order valence-electron chi connectivity index (χ0n) is 7.72. The van der Waals surface area contributed by atoms with Crippen molar-refractivity contribution in [3.8, 4) is 0 Å². The van der Waals surface area contributed by atoms with Crippen molar-refractivity contribution in [1.29, 1.82) is 0 Å². The van der Waals surface area contributed by atoms with Gasteiger partial charge in [0.05, 0.1) is 18.1 Å². The zero-order valence-corrected chi connectivity index (χ0v) is 7.72. The van der Waals surface area contributed by atoms with Crippen molar-refractivity contribution in [2.24, 2.45) is 5.73 Å². The number of hydrogen-bond donors (Lipinski definition) is 2. The highest BCUT2D eigenvalue weighted by Crippen LogP contribution is 2.03. The molecule has 2 aromatic heterocycles. The van der Waals surface area contributed by atoms with Gasteiger partial charge in [-0.05, 0) is 13.0 Å². The summed E-state index contributed by atoms with van der Waals surface area (Å²) >= 11 is 0. The van der Waals surface area contributed by atoms with Crippen LogP contribution in [0, 0.1) is 0 Å². The first-order valence-electron chi connectivity index (χ1n) is 4.46. The molecule has 0 aliphatic rings. The minimum Gasteiger partial charge on any atom is -0.396 e. The summed E-state index contributed by atoms with van der Waals surface area (Å²) in [5.74, 6) is 1.33. The summed E-state index contributed by atoms with van der Waals surface area (Å²) in [5, 5.41) is 4.22. The second-order valence-corrected chi connectivity index (χ2v) is 3.05. The van der Waals surface area contributed by atoms with Gasteiger partial charge < -0.3 is 11.5 Å². The van der Waals surface area contributed by atoms with E-state index in [4.69, 9.17) is 11.5 Å². The van der Waals surface area contributed by atoms with Crippen LogP contribution in [0.2, 0.25) is 0 Å². The van der Waals surface area contributed by atoms with Gasteiger partial charge in [-0.1, -0.05) is 0 Å². The van der Waals surface area contributed by atoms with Gasteiger partial charge >= 0.3 is 0 Å². The smallest absolute Gasteiger partial charge is 0.252 e. The molecule has 6 nitrogen and oxygen atoms in total. The SMILES string of the molecule is NCCCc1nc2ncc(N)cn2n1. The number of nitrogens with two attached hydrogens (primary N) is 2. The van der Waals surface area contributed by atoms with Crippen LogP contribution in [0.1, 0.15) is 12.2 Å². The Hall–Kier alpha value is -1.69. The number of rotatable bonds is 3. The van der Waals surface area contributed by atoms with E-state index in [0.29, 0.717) is 18.0 Å². The Labute approximate surface area is 81.0 Å². The van der Waals surface area contributed by atoms with Crippen molar-refractivity contribution in [3.05, 3.63) is 18.2 Å². The number of anilines is 1. The number of nitrogens with zero attached hydrogens (tertiary/aromatic N) is 4. The Balaban J connectivity index is 2.32. The van der Waals surface area contributed by atoms with Gasteiger partial charge in [0, 0.05) is 6.42 Å². The van der Waals surface area contributed by atoms with E-state index in [1.807, 2.05) is 0 Å². The summed E-state index contributed by atoms with van der Waals surface area (Å²) in [6.07, 6.45) is 4.92. The van der Waals surface area contributed by atoms with Gasteiger partial charge in [0.2, 0.25) is 0 Å². The largest absolute Gasteiger partial charge is 0.396 e. The normalized spacial score (nSPS) is 10.9. The van der Waals surface area contributed by atoms with E-state index in [0.717, 1.165) is 18.7 Å². The molecule has 0 aliphatic heterocycles. The molecule has 0 aliphatic carbocycles. The fourth-order valence-corrected chi connectivity index (χ4v) is 1.21. The van der Waals surface area contributed by atoms with Crippen LogP contribution in [0.3, 0.4) is 0 Å². The number of fused-ring (bicyclic) bond motifs is 1. The zero-order chi connectivity index (χ0) is 9.97. The molecule has 2 heterocycles. The third-order valence-electron chi connectivity index (χ3n) is 1.86. The molecule has 74 valence electrons. The van der Waals surface area contributed by atoms with E-state index in [1.54, 1.807) is 16.9 Å². The van der Waals surface area contributed by atoms with Crippen LogP contribution in [0.25, 0.3) is 5.78 Å². The molecule has 0 amide bonds. The summed E-state index contributed by atoms with van der Waals surface area (Å²) in [6, 6.07) is 0. The average Bonchev–Trinajstić information content (AvgIpc) is 2.56. The van der Waals surface area contributed by atoms with Crippen molar-refractivity contribution in [2.75, 3.05) is 12.3 Å². The summed E-state index contributed by atoms with van der Waals surface area (Å²) < 4.78 is 1.58. The maximum Gasteiger partial charge on any atom is 0.252 e. The van der Waals surface area contributed by atoms with E-state index in [2.05, 4.69) is 15.1 Å². The Morgan fingerprint density at radius 1 is 1.43 bits per heavy atom. The van der Waals surface area contributed by atoms with Gasteiger partial charge in [-0.25, -0.2) is 9.50 Å². The molecule has 14 heavy (non-hydrogen) atoms. The highest BCUT2D eigenvalue weighted by molar-refractivity contribution is 5.37. The predicted molar refractivity (Wildman–Crippen MR) is 52.6 cm³/mol. The summed E-state index contributed by atoms with van der Waals surface area (Å²) in [4.78, 5) is 8.26. The molecule has 0 aromatic carbocycles. The van der Waals surface area contributed by atoms with Crippen LogP contribution in [-0.2, 0) is 6.42 Å². The van der Waals surface area contributed by atoms with E-state index >= 15 is 0 Å². The van der Waals surface area contributed by atoms with E-state index < -0.39 is 0 Å². The summed E-state index contributed by atoms with van der Waals surface area (Å²) in [6.45, 7) is 0.644. The lowest BCUT2D eigenvalue weighted by atomic mass is 10.3. The van der Waals surface area contributed by atoms with Crippen molar-refractivity contribution in [2.45, 2.75) is 12.8 Å². The van der Waals surface area contributed by atoms with Crippen LogP contribution < -0.4 is 11.5 Å². The molecule has 0 radical (unpaired) electrons. The Morgan fingerprint density at radius 2 is 2.29 bits per heavy atom. The quantitative estimate of drug-likeness (QED) is 0.689. The summed E-state index contributed by atoms with van der Waals surface area (Å²) in [5.41, 5.74) is 11.5. The lowest BCUT2D eigenvalue weighted by Crippen LogP contribution is -2.01. The molecule has 4 N–H and O–H groups in total. The van der Waals surface area contributed by atoms with Gasteiger partial charge in [0.1, 0.15) is 0 Å². The van der Waals surface area contributed by atoms with E-state index in [1.165, 1.54) is 0 Å². The lowest BCUT2D eigenvalue weighted by molar-refractivity contribution is 0.774. The third-order valence-corrected chi connectivity index (χ3v) is 1.86. The number of aryl methyl sites for hydroxylation is 1. The molecule has 6 heteroatoms. The van der Waals surface area contributed by atoms with Gasteiger partial charge in [0.15, 0.2) is 5.82 Å². The van der Waals surface area contributed by atoms with E-state index in [-0.39, 0.29) is 0 Å². The molecule has 0 atom stereocenters. The van der Waals surface area contributed by atoms with Crippen LogP contribution in [0.5, 0.6) is 0 Å². The highest BCUT2D eigenvalue weighted by Gasteiger charge is 2.03. The number of nitrogen functional groups attached to an aromatic ring is 1. The second-order valence-electron chi connectivity index (χ2n) is 3.05. The molecule has 0 unspecified atom stereocenters. The Morgan fingerprint density at radius 3 is 3.07 bits per heavy atom. The van der Waals surface area contributed by atoms with Gasteiger partial charge in [-0.2, -0.15) is 4.98 Å². The van der Waals surface area contributed by atoms with Gasteiger partial charge in [0.25, 0.3) is 5.78 Å². The maximum absolute atomic E-state index is 5.56. The molecule has 0 bridgehead atoms. The number of aromatic nitrogens is 4. The highest BCUT2D eigenvalue weighted by atomic mass is 15.3. The standard InChI is InChI=1S/C8H12N6/c9-3-1-2-7-12-8-11-4-6(10)5-14(8)13-7/h4-5H,1-3,9-10H2. The van der Waals surface area contributed by atoms with Crippen LogP contribution in [0.15, 0.2) is 12.4 Å². The molecular weight excluding hydrogens is 180 g/mol. The molecule has 0 spiro atoms. The average molecular weight is 192 g/mol. The Bertz CT molecular complexity index is 434. The molecule has 0 saturated carbocycles. The fraction of sp³-hybridized carbons (Fsp3) is 0.375. The Kier molecular flexibility index (Phi) is 2.28. The lowest BCUT2D eigenvalue weighted by Gasteiger charge is -1.91. The monoisotopic (exact) mass is 192 g/mol. The topological polar surface area (TPSA) is 95.1 Å². The molecule has 2 aromatic rings. The van der Waals surface area contributed by atoms with Crippen LogP contribution in [0.4, 0.5) is 5.69 Å². The third kappa shape index (κ3) is 1.64. The van der Waals surface area contributed by atoms with Crippen molar-refractivity contribution >= 4 is 11.5 Å². The van der Waals surface area contributed by atoms with Crippen molar-refractivity contribution in [3.63, 3.8) is 0 Å². The minimum absolute atomic E-state index is 0.575. The molecule has 2 rings (SSSR count). The second kappa shape index (κ2) is 3.59. The van der Waals surface area contributed by atoms with Crippen molar-refractivity contribution < 1.29 is 0 Å². The predicted octanol–water partition coefficient (Wildman–Crippen LogP) is -0.402. The first kappa shape index (κ1) is 8.89. The van der Waals surface area contributed by atoms with Crippen LogP contribution >= 0.6 is 0 Å². The fourth-order valence-electron chi connectivity index (χ4n) is 1.21.